The molecule has 0 aromatic heterocycles. The summed E-state index contributed by atoms with van der Waals surface area (Å²) in [5, 5.41) is 0. The summed E-state index contributed by atoms with van der Waals surface area (Å²) in [6.45, 7) is 37.2. The molecule has 0 unspecified atom stereocenters. The third kappa shape index (κ3) is 52.9. The predicted molar refractivity (Wildman–Crippen MR) is 150 cm³/mol. The minimum atomic E-state index is -1.11. The first-order chi connectivity index (χ1) is 11.0. The fraction of sp³-hybridized carbons (Fsp3) is 1.00. The topological polar surface area (TPSA) is 28.2 Å². The van der Waals surface area contributed by atoms with Gasteiger partial charge in [0.25, 0.3) is 0 Å². The van der Waals surface area contributed by atoms with Gasteiger partial charge in [-0.15, -0.1) is 0 Å². The van der Waals surface area contributed by atoms with Crippen LogP contribution < -0.4 is 0 Å². The molecule has 0 fully saturated rings. The zero-order valence-electron chi connectivity index (χ0n) is 21.6. The van der Waals surface area contributed by atoms with Crippen LogP contribution in [0.25, 0.3) is 9.30 Å². The van der Waals surface area contributed by atoms with Crippen molar-refractivity contribution in [1.29, 1.82) is 0 Å². The minimum absolute atomic E-state index is 0. The molecule has 0 radical (unpaired) electrons. The number of hydrogen-bond acceptors (Lipinski definition) is 0. The maximum Gasteiger partial charge on any atom is 2.00 e. The smallest absolute Gasteiger partial charge is 0.668 e. The summed E-state index contributed by atoms with van der Waals surface area (Å²) in [5.74, 6) is 0. The quantitative estimate of drug-likeness (QED) is 0.198. The van der Waals surface area contributed by atoms with Crippen LogP contribution in [0.15, 0.2) is 0 Å². The van der Waals surface area contributed by atoms with E-state index >= 15 is 0 Å². The zero-order chi connectivity index (χ0) is 22.0. The van der Waals surface area contributed by atoms with E-state index in [2.05, 4.69) is 105 Å². The van der Waals surface area contributed by atoms with Crippen molar-refractivity contribution < 1.29 is 46.9 Å². The van der Waals surface area contributed by atoms with Crippen LogP contribution in [0, 0.1) is 46.9 Å². The third-order valence-corrected chi connectivity index (χ3v) is 16.2. The van der Waals surface area contributed by atoms with E-state index in [1.54, 1.807) is 0 Å². The van der Waals surface area contributed by atoms with Crippen molar-refractivity contribution in [1.82, 2.24) is 0 Å². The van der Waals surface area contributed by atoms with Gasteiger partial charge in [-0.05, 0) is 15.8 Å². The standard InChI is InChI=1S/2C6H18NSi2.C6H16P2.Yb/c2*1-8(2,3)7-9(4,5)6;1-7(2)5-6-8(3)4;/h2*1-6H3;5-6H2,1-4H3;/q2*-1;;+2/p+2. The molecule has 0 aliphatic rings. The maximum absolute atomic E-state index is 4.82. The van der Waals surface area contributed by atoms with Crippen molar-refractivity contribution in [2.45, 2.75) is 78.6 Å². The Bertz CT molecular complexity index is 287. The molecular formula is C18H54N2P2Si4Yb+2. The number of nitrogens with zero attached hydrogens (tertiary/aromatic N) is 2. The molecule has 0 atom stereocenters. The van der Waals surface area contributed by atoms with Gasteiger partial charge in [0.15, 0.2) is 0 Å². The molecule has 9 heteroatoms. The molecule has 174 valence electrons. The summed E-state index contributed by atoms with van der Waals surface area (Å²) in [7, 11) is -4.23. The molecule has 0 aromatic rings. The SMILES string of the molecule is C[PH+](C)CC[PH+](C)C.C[Si](C)(C)[N-][Si](C)(C)C.C[Si](C)(C)[N-][Si](C)(C)C.[Yb+2]. The van der Waals surface area contributed by atoms with Crippen molar-refractivity contribution in [3.8, 4) is 0 Å². The fourth-order valence-corrected chi connectivity index (χ4v) is 22.6. The van der Waals surface area contributed by atoms with Crippen LogP contribution in [0.1, 0.15) is 0 Å². The van der Waals surface area contributed by atoms with E-state index in [1.807, 2.05) is 0 Å². The Balaban J connectivity index is -0.000000145. The first-order valence-corrected chi connectivity index (χ1v) is 29.3. The summed E-state index contributed by atoms with van der Waals surface area (Å²) < 4.78 is 9.64. The second-order valence-electron chi connectivity index (χ2n) is 11.8. The first kappa shape index (κ1) is 37.5. The van der Waals surface area contributed by atoms with E-state index in [9.17, 15) is 0 Å². The van der Waals surface area contributed by atoms with Crippen molar-refractivity contribution in [2.75, 3.05) is 39.0 Å². The van der Waals surface area contributed by atoms with E-state index in [4.69, 9.17) is 9.30 Å². The molecule has 0 N–H and O–H groups in total. The van der Waals surface area contributed by atoms with E-state index < -0.39 is 32.9 Å². The fourth-order valence-electron chi connectivity index (χ4n) is 2.51. The summed E-state index contributed by atoms with van der Waals surface area (Å²) >= 11 is 0. The minimum Gasteiger partial charge on any atom is -0.668 e. The van der Waals surface area contributed by atoms with E-state index in [-0.39, 0.29) is 62.8 Å². The van der Waals surface area contributed by atoms with Crippen LogP contribution in [-0.4, -0.2) is 71.9 Å². The van der Waals surface area contributed by atoms with Crippen LogP contribution >= 0.6 is 15.8 Å². The molecule has 0 aliphatic heterocycles. The average Bonchev–Trinajstić information content (AvgIpc) is 2.16. The van der Waals surface area contributed by atoms with Crippen LogP contribution in [-0.2, 0) is 0 Å². The molecule has 0 aromatic carbocycles. The van der Waals surface area contributed by atoms with Gasteiger partial charge in [-0.25, -0.2) is 0 Å². The number of rotatable bonds is 7. The Morgan fingerprint density at radius 2 is 0.593 bits per heavy atom. The zero-order valence-corrected chi connectivity index (χ0v) is 29.3. The summed E-state index contributed by atoms with van der Waals surface area (Å²) in [5.41, 5.74) is 0. The molecule has 0 rings (SSSR count). The molecule has 0 spiro atoms. The largest absolute Gasteiger partial charge is 2.00 e. The summed E-state index contributed by atoms with van der Waals surface area (Å²) in [6, 6.07) is 0. The van der Waals surface area contributed by atoms with Gasteiger partial charge in [-0.3, -0.25) is 0 Å². The Morgan fingerprint density at radius 3 is 0.630 bits per heavy atom. The maximum atomic E-state index is 4.82. The van der Waals surface area contributed by atoms with Crippen molar-refractivity contribution in [3.05, 3.63) is 9.30 Å². The second kappa shape index (κ2) is 16.8. The number of hydrogen-bond donors (Lipinski definition) is 0. The van der Waals surface area contributed by atoms with Gasteiger partial charge in [0.1, 0.15) is 0 Å². The second-order valence-corrected chi connectivity index (χ2v) is 36.8. The predicted octanol–water partition coefficient (Wildman–Crippen LogP) is 7.99. The van der Waals surface area contributed by atoms with Gasteiger partial charge >= 0.3 is 46.9 Å². The van der Waals surface area contributed by atoms with Crippen molar-refractivity contribution >= 4 is 48.8 Å². The Hall–Kier alpha value is 3.17. The summed E-state index contributed by atoms with van der Waals surface area (Å²) in [6.07, 6.45) is 3.07. The van der Waals surface area contributed by atoms with Crippen LogP contribution in [0.4, 0.5) is 0 Å². The van der Waals surface area contributed by atoms with E-state index in [0.29, 0.717) is 0 Å². The van der Waals surface area contributed by atoms with E-state index in [1.165, 1.54) is 12.3 Å². The van der Waals surface area contributed by atoms with Gasteiger partial charge in [0.2, 0.25) is 0 Å². The Labute approximate surface area is 220 Å². The molecule has 0 bridgehead atoms. The normalized spacial score (nSPS) is 12.7. The average molecular weight is 646 g/mol. The molecule has 0 amide bonds. The van der Waals surface area contributed by atoms with Gasteiger partial charge in [-0.2, -0.15) is 0 Å². The van der Waals surface area contributed by atoms with Crippen molar-refractivity contribution in [2.24, 2.45) is 0 Å². The van der Waals surface area contributed by atoms with Gasteiger partial charge in [0, 0.05) is 26.7 Å². The van der Waals surface area contributed by atoms with Crippen LogP contribution in [0.5, 0.6) is 0 Å². The van der Waals surface area contributed by atoms with Crippen LogP contribution in [0.3, 0.4) is 0 Å². The van der Waals surface area contributed by atoms with Gasteiger partial charge in [-0.1, -0.05) is 112 Å². The molecule has 0 aliphatic carbocycles. The molecule has 27 heavy (non-hydrogen) atoms. The first-order valence-electron chi connectivity index (χ1n) is 10.1. The Morgan fingerprint density at radius 1 is 0.444 bits per heavy atom. The molecule has 0 saturated heterocycles. The molecular weight excluding hydrogens is 592 g/mol. The van der Waals surface area contributed by atoms with Gasteiger partial charge < -0.3 is 9.30 Å². The Kier molecular flexibility index (Phi) is 23.3. The molecule has 2 nitrogen and oxygen atoms in total. The molecule has 0 heterocycles. The summed E-state index contributed by atoms with van der Waals surface area (Å²) in [4.78, 5) is 0. The third-order valence-electron chi connectivity index (χ3n) is 2.47. The van der Waals surface area contributed by atoms with Gasteiger partial charge in [0.05, 0.1) is 12.3 Å². The van der Waals surface area contributed by atoms with Crippen LogP contribution in [0.2, 0.25) is 78.6 Å². The van der Waals surface area contributed by atoms with E-state index in [0.717, 1.165) is 0 Å². The van der Waals surface area contributed by atoms with Crippen molar-refractivity contribution in [3.63, 3.8) is 0 Å². The monoisotopic (exact) mass is 646 g/mol. The molecule has 0 saturated carbocycles.